The van der Waals surface area contributed by atoms with E-state index >= 15 is 0 Å². The molecule has 0 bridgehead atoms. The molecule has 0 aromatic heterocycles. The first-order valence-electron chi connectivity index (χ1n) is 6.94. The Morgan fingerprint density at radius 3 is 2.04 bits per heavy atom. The van der Waals surface area contributed by atoms with E-state index in [1.165, 1.54) is 30.3 Å². The lowest BCUT2D eigenvalue weighted by Crippen LogP contribution is -2.39. The van der Waals surface area contributed by atoms with E-state index < -0.39 is 30.1 Å². The van der Waals surface area contributed by atoms with Crippen molar-refractivity contribution in [2.75, 3.05) is 17.2 Å². The van der Waals surface area contributed by atoms with Gasteiger partial charge in [-0.2, -0.15) is 0 Å². The number of hydrogen-bond donors (Lipinski definition) is 3. The van der Waals surface area contributed by atoms with Gasteiger partial charge in [-0.05, 0) is 42.5 Å². The van der Waals surface area contributed by atoms with Crippen molar-refractivity contribution in [1.29, 1.82) is 0 Å². The normalized spacial score (nSPS) is 10.0. The molecule has 0 radical (unpaired) electrons. The Balaban J connectivity index is 1.83. The van der Waals surface area contributed by atoms with Gasteiger partial charge < -0.3 is 16.0 Å². The maximum Gasteiger partial charge on any atom is 0.313 e. The third-order valence-corrected chi connectivity index (χ3v) is 3.30. The van der Waals surface area contributed by atoms with Crippen LogP contribution in [0.5, 0.6) is 0 Å². The largest absolute Gasteiger partial charge is 0.339 e. The highest BCUT2D eigenvalue weighted by Gasteiger charge is 2.15. The fourth-order valence-electron chi connectivity index (χ4n) is 1.79. The second-order valence-electron chi connectivity index (χ2n) is 4.85. The highest BCUT2D eigenvalue weighted by Crippen LogP contribution is 2.22. The minimum absolute atomic E-state index is 0.250. The van der Waals surface area contributed by atoms with Crippen LogP contribution in [0.1, 0.15) is 0 Å². The van der Waals surface area contributed by atoms with Gasteiger partial charge in [-0.3, -0.25) is 14.4 Å². The standard InChI is InChI=1S/C16H12Cl2FN3O3/c17-9-5-10(18)7-13(6-9)21-14(23)8-20-15(24)16(25)22-12-3-1-11(19)2-4-12/h1-7H,8H2,(H,20,24)(H,21,23)(H,22,25). The summed E-state index contributed by atoms with van der Waals surface area (Å²) in [6.45, 7) is -0.431. The number of carbonyl (C=O) groups excluding carboxylic acids is 3. The molecule has 6 nitrogen and oxygen atoms in total. The molecular formula is C16H12Cl2FN3O3. The van der Waals surface area contributed by atoms with Gasteiger partial charge >= 0.3 is 11.8 Å². The number of amides is 3. The molecule has 130 valence electrons. The molecule has 0 atom stereocenters. The summed E-state index contributed by atoms with van der Waals surface area (Å²) in [5.41, 5.74) is 0.604. The summed E-state index contributed by atoms with van der Waals surface area (Å²) in [6.07, 6.45) is 0. The molecule has 0 spiro atoms. The van der Waals surface area contributed by atoms with Crippen LogP contribution in [-0.2, 0) is 14.4 Å². The zero-order valence-electron chi connectivity index (χ0n) is 12.6. The number of hydrogen-bond acceptors (Lipinski definition) is 3. The Bertz CT molecular complexity index is 793. The molecule has 2 rings (SSSR count). The molecule has 2 aromatic carbocycles. The van der Waals surface area contributed by atoms with E-state index in [-0.39, 0.29) is 5.69 Å². The third-order valence-electron chi connectivity index (χ3n) is 2.86. The van der Waals surface area contributed by atoms with Crippen molar-refractivity contribution in [3.8, 4) is 0 Å². The lowest BCUT2D eigenvalue weighted by molar-refractivity contribution is -0.136. The maximum atomic E-state index is 12.8. The number of halogens is 3. The van der Waals surface area contributed by atoms with Gasteiger partial charge in [0.1, 0.15) is 5.82 Å². The van der Waals surface area contributed by atoms with E-state index in [1.54, 1.807) is 0 Å². The summed E-state index contributed by atoms with van der Waals surface area (Å²) in [5.74, 6) is -3.03. The smallest absolute Gasteiger partial charge is 0.313 e. The lowest BCUT2D eigenvalue weighted by Gasteiger charge is -2.08. The second kappa shape index (κ2) is 8.46. The summed E-state index contributed by atoms with van der Waals surface area (Å²) < 4.78 is 12.8. The summed E-state index contributed by atoms with van der Waals surface area (Å²) in [5, 5.41) is 7.59. The van der Waals surface area contributed by atoms with Gasteiger partial charge in [-0.15, -0.1) is 0 Å². The lowest BCUT2D eigenvalue weighted by atomic mass is 10.3. The molecule has 0 saturated heterocycles. The van der Waals surface area contributed by atoms with Crippen molar-refractivity contribution >= 4 is 52.3 Å². The predicted molar refractivity (Wildman–Crippen MR) is 93.1 cm³/mol. The summed E-state index contributed by atoms with van der Waals surface area (Å²) in [6, 6.07) is 9.34. The van der Waals surface area contributed by atoms with Crippen molar-refractivity contribution in [2.24, 2.45) is 0 Å². The van der Waals surface area contributed by atoms with E-state index in [1.807, 2.05) is 0 Å². The molecule has 0 aliphatic heterocycles. The third kappa shape index (κ3) is 6.06. The van der Waals surface area contributed by atoms with Gasteiger partial charge in [0.25, 0.3) is 0 Å². The van der Waals surface area contributed by atoms with Gasteiger partial charge in [0, 0.05) is 21.4 Å². The Hall–Kier alpha value is -2.64. The molecule has 0 saturated carbocycles. The Morgan fingerprint density at radius 1 is 0.840 bits per heavy atom. The topological polar surface area (TPSA) is 87.3 Å². The number of carbonyl (C=O) groups is 3. The van der Waals surface area contributed by atoms with Gasteiger partial charge in [0.05, 0.1) is 6.54 Å². The van der Waals surface area contributed by atoms with E-state index in [0.29, 0.717) is 15.7 Å². The molecule has 9 heteroatoms. The fourth-order valence-corrected chi connectivity index (χ4v) is 2.32. The van der Waals surface area contributed by atoms with Crippen molar-refractivity contribution in [1.82, 2.24) is 5.32 Å². The van der Waals surface area contributed by atoms with Crippen LogP contribution >= 0.6 is 23.2 Å². The number of rotatable bonds is 4. The van der Waals surface area contributed by atoms with Crippen LogP contribution in [0.15, 0.2) is 42.5 Å². The van der Waals surface area contributed by atoms with Crippen LogP contribution in [-0.4, -0.2) is 24.3 Å². The minimum atomic E-state index is -1.01. The van der Waals surface area contributed by atoms with Crippen molar-refractivity contribution in [3.63, 3.8) is 0 Å². The van der Waals surface area contributed by atoms with Gasteiger partial charge in [0.15, 0.2) is 0 Å². The molecule has 0 fully saturated rings. The Labute approximate surface area is 152 Å². The monoisotopic (exact) mass is 383 g/mol. The molecule has 2 aromatic rings. The zero-order valence-corrected chi connectivity index (χ0v) is 14.1. The van der Waals surface area contributed by atoms with Crippen LogP contribution in [0.4, 0.5) is 15.8 Å². The van der Waals surface area contributed by atoms with E-state index in [9.17, 15) is 18.8 Å². The van der Waals surface area contributed by atoms with Crippen LogP contribution < -0.4 is 16.0 Å². The first kappa shape index (κ1) is 18.7. The average Bonchev–Trinajstić information content (AvgIpc) is 2.53. The summed E-state index contributed by atoms with van der Waals surface area (Å²) in [4.78, 5) is 35.1. The molecule has 3 amide bonds. The maximum absolute atomic E-state index is 12.8. The number of anilines is 2. The molecule has 3 N–H and O–H groups in total. The van der Waals surface area contributed by atoms with Crippen LogP contribution in [0, 0.1) is 5.82 Å². The first-order valence-corrected chi connectivity index (χ1v) is 7.70. The minimum Gasteiger partial charge on any atom is -0.339 e. The second-order valence-corrected chi connectivity index (χ2v) is 5.72. The van der Waals surface area contributed by atoms with Crippen LogP contribution in [0.25, 0.3) is 0 Å². The molecule has 0 aliphatic carbocycles. The highest BCUT2D eigenvalue weighted by molar-refractivity contribution is 6.40. The van der Waals surface area contributed by atoms with Crippen molar-refractivity contribution in [2.45, 2.75) is 0 Å². The fraction of sp³-hybridized carbons (Fsp3) is 0.0625. The van der Waals surface area contributed by atoms with Crippen molar-refractivity contribution < 1.29 is 18.8 Å². The van der Waals surface area contributed by atoms with Crippen molar-refractivity contribution in [3.05, 3.63) is 58.3 Å². The molecule has 25 heavy (non-hydrogen) atoms. The van der Waals surface area contributed by atoms with E-state index in [0.717, 1.165) is 12.1 Å². The van der Waals surface area contributed by atoms with E-state index in [4.69, 9.17) is 23.2 Å². The van der Waals surface area contributed by atoms with Gasteiger partial charge in [0.2, 0.25) is 5.91 Å². The zero-order chi connectivity index (χ0) is 18.4. The molecule has 0 unspecified atom stereocenters. The quantitative estimate of drug-likeness (QED) is 0.709. The SMILES string of the molecule is O=C(CNC(=O)C(=O)Nc1ccc(F)cc1)Nc1cc(Cl)cc(Cl)c1. The first-order chi connectivity index (χ1) is 11.8. The van der Waals surface area contributed by atoms with Crippen LogP contribution in [0.2, 0.25) is 10.0 Å². The van der Waals surface area contributed by atoms with Gasteiger partial charge in [-0.1, -0.05) is 23.2 Å². The Morgan fingerprint density at radius 2 is 1.44 bits per heavy atom. The summed E-state index contributed by atoms with van der Waals surface area (Å²) in [7, 11) is 0. The highest BCUT2D eigenvalue weighted by atomic mass is 35.5. The van der Waals surface area contributed by atoms with E-state index in [2.05, 4.69) is 16.0 Å². The van der Waals surface area contributed by atoms with Crippen LogP contribution in [0.3, 0.4) is 0 Å². The number of nitrogens with one attached hydrogen (secondary N) is 3. The number of benzene rings is 2. The molecule has 0 aliphatic rings. The summed E-state index contributed by atoms with van der Waals surface area (Å²) >= 11 is 11.6. The molecule has 0 heterocycles. The average molecular weight is 384 g/mol. The Kier molecular flexibility index (Phi) is 6.32. The predicted octanol–water partition coefficient (Wildman–Crippen LogP) is 2.83. The van der Waals surface area contributed by atoms with Gasteiger partial charge in [-0.25, -0.2) is 4.39 Å². The molecular weight excluding hydrogens is 372 g/mol.